The molecular formula is C17H24BrN5O. The van der Waals surface area contributed by atoms with Crippen LogP contribution < -0.4 is 5.32 Å². The van der Waals surface area contributed by atoms with Gasteiger partial charge in [0.2, 0.25) is 0 Å². The van der Waals surface area contributed by atoms with Gasteiger partial charge in [-0.05, 0) is 41.4 Å². The second-order valence-corrected chi connectivity index (χ2v) is 6.99. The fraction of sp³-hybridized carbons (Fsp3) is 0.529. The fourth-order valence-corrected chi connectivity index (χ4v) is 3.42. The van der Waals surface area contributed by atoms with E-state index in [9.17, 15) is 0 Å². The first-order valence-corrected chi connectivity index (χ1v) is 9.14. The van der Waals surface area contributed by atoms with Gasteiger partial charge in [0.15, 0.2) is 5.96 Å². The van der Waals surface area contributed by atoms with E-state index in [0.29, 0.717) is 12.5 Å². The van der Waals surface area contributed by atoms with Crippen LogP contribution in [0.5, 0.6) is 0 Å². The van der Waals surface area contributed by atoms with Crippen molar-refractivity contribution in [2.24, 2.45) is 10.9 Å². The van der Waals surface area contributed by atoms with Crippen molar-refractivity contribution in [3.63, 3.8) is 0 Å². The summed E-state index contributed by atoms with van der Waals surface area (Å²) in [7, 11) is 1.77. The van der Waals surface area contributed by atoms with Gasteiger partial charge in [0.05, 0.1) is 18.8 Å². The molecule has 1 N–H and O–H groups in total. The number of imidazole rings is 1. The van der Waals surface area contributed by atoms with Crippen molar-refractivity contribution < 1.29 is 4.74 Å². The molecule has 1 atom stereocenters. The Morgan fingerprint density at radius 1 is 1.46 bits per heavy atom. The highest BCUT2D eigenvalue weighted by molar-refractivity contribution is 9.10. The summed E-state index contributed by atoms with van der Waals surface area (Å²) >= 11 is 3.48. The lowest BCUT2D eigenvalue weighted by Crippen LogP contribution is -2.40. The van der Waals surface area contributed by atoms with Gasteiger partial charge < -0.3 is 19.4 Å². The summed E-state index contributed by atoms with van der Waals surface area (Å²) in [5.74, 6) is 1.56. The molecule has 24 heavy (non-hydrogen) atoms. The third-order valence-corrected chi connectivity index (χ3v) is 4.65. The molecule has 0 aromatic carbocycles. The van der Waals surface area contributed by atoms with Crippen LogP contribution in [0.1, 0.15) is 19.0 Å². The third kappa shape index (κ3) is 4.08. The number of pyridine rings is 1. The van der Waals surface area contributed by atoms with E-state index in [0.717, 1.165) is 54.4 Å². The lowest BCUT2D eigenvalue weighted by Gasteiger charge is -2.21. The molecule has 6 nitrogen and oxygen atoms in total. The predicted molar refractivity (Wildman–Crippen MR) is 99.3 cm³/mol. The fourth-order valence-electron chi connectivity index (χ4n) is 3.07. The molecule has 1 unspecified atom stereocenters. The standard InChI is InChI=1S/C17H24BrN5O/c1-3-19-17(22-7-6-13(9-22)12-24-2)20-8-15-11-23-10-14(18)4-5-16(23)21-15/h4-5,10-11,13H,3,6-9,12H2,1-2H3,(H,19,20). The number of hydrogen-bond acceptors (Lipinski definition) is 3. The number of aromatic nitrogens is 2. The second kappa shape index (κ2) is 7.98. The van der Waals surface area contributed by atoms with Crippen LogP contribution in [0, 0.1) is 5.92 Å². The minimum absolute atomic E-state index is 0.576. The highest BCUT2D eigenvalue weighted by atomic mass is 79.9. The SMILES string of the molecule is CCNC(=NCc1cn2cc(Br)ccc2n1)N1CCC(COC)C1. The van der Waals surface area contributed by atoms with Crippen LogP contribution in [-0.2, 0) is 11.3 Å². The molecule has 2 aromatic rings. The van der Waals surface area contributed by atoms with Crippen LogP contribution in [0.3, 0.4) is 0 Å². The summed E-state index contributed by atoms with van der Waals surface area (Å²) in [5.41, 5.74) is 1.91. The minimum atomic E-state index is 0.576. The van der Waals surface area contributed by atoms with E-state index in [2.05, 4.69) is 38.1 Å². The molecule has 0 bridgehead atoms. The number of halogens is 1. The Morgan fingerprint density at radius 3 is 3.12 bits per heavy atom. The monoisotopic (exact) mass is 393 g/mol. The zero-order chi connectivity index (χ0) is 16.9. The van der Waals surface area contributed by atoms with Crippen LogP contribution in [0.25, 0.3) is 5.65 Å². The molecule has 1 fully saturated rings. The van der Waals surface area contributed by atoms with Crippen LogP contribution in [0.15, 0.2) is 34.0 Å². The van der Waals surface area contributed by atoms with E-state index in [1.165, 1.54) is 0 Å². The van der Waals surface area contributed by atoms with Gasteiger partial charge in [-0.1, -0.05) is 0 Å². The maximum atomic E-state index is 5.28. The van der Waals surface area contributed by atoms with E-state index >= 15 is 0 Å². The van der Waals surface area contributed by atoms with Crippen LogP contribution >= 0.6 is 15.9 Å². The number of fused-ring (bicyclic) bond motifs is 1. The van der Waals surface area contributed by atoms with E-state index in [1.807, 2.05) is 28.9 Å². The molecule has 0 spiro atoms. The van der Waals surface area contributed by atoms with Gasteiger partial charge >= 0.3 is 0 Å². The number of hydrogen-bond donors (Lipinski definition) is 1. The summed E-state index contributed by atoms with van der Waals surface area (Å²) in [6, 6.07) is 4.00. The normalized spacial score (nSPS) is 18.5. The number of rotatable bonds is 5. The van der Waals surface area contributed by atoms with Crippen LogP contribution in [-0.4, -0.2) is 53.6 Å². The summed E-state index contributed by atoms with van der Waals surface area (Å²) in [5, 5.41) is 3.39. The summed E-state index contributed by atoms with van der Waals surface area (Å²) in [6.07, 6.45) is 5.20. The molecule has 0 amide bonds. The first-order chi connectivity index (χ1) is 11.7. The first-order valence-electron chi connectivity index (χ1n) is 8.35. The van der Waals surface area contributed by atoms with Crippen molar-refractivity contribution in [2.75, 3.05) is 33.4 Å². The average Bonchev–Trinajstić information content (AvgIpc) is 3.18. The quantitative estimate of drug-likeness (QED) is 0.626. The van der Waals surface area contributed by atoms with Gasteiger partial charge in [-0.25, -0.2) is 9.98 Å². The minimum Gasteiger partial charge on any atom is -0.384 e. The Kier molecular flexibility index (Phi) is 5.73. The molecule has 3 heterocycles. The Balaban J connectivity index is 1.70. The molecule has 130 valence electrons. The number of nitrogens with zero attached hydrogens (tertiary/aromatic N) is 4. The number of guanidine groups is 1. The van der Waals surface area contributed by atoms with Crippen LogP contribution in [0.4, 0.5) is 0 Å². The van der Waals surface area contributed by atoms with Gasteiger partial charge in [0.25, 0.3) is 0 Å². The van der Waals surface area contributed by atoms with Gasteiger partial charge in [-0.2, -0.15) is 0 Å². The highest BCUT2D eigenvalue weighted by Gasteiger charge is 2.24. The predicted octanol–water partition coefficient (Wildman–Crippen LogP) is 2.53. The molecule has 0 aliphatic carbocycles. The van der Waals surface area contributed by atoms with Crippen LogP contribution in [0.2, 0.25) is 0 Å². The Labute approximate surface area is 151 Å². The molecule has 7 heteroatoms. The first kappa shape index (κ1) is 17.2. The zero-order valence-electron chi connectivity index (χ0n) is 14.2. The maximum Gasteiger partial charge on any atom is 0.194 e. The van der Waals surface area contributed by atoms with Gasteiger partial charge in [-0.3, -0.25) is 0 Å². The highest BCUT2D eigenvalue weighted by Crippen LogP contribution is 2.17. The molecule has 0 saturated carbocycles. The average molecular weight is 394 g/mol. The third-order valence-electron chi connectivity index (χ3n) is 4.18. The van der Waals surface area contributed by atoms with Crippen molar-refractivity contribution in [3.05, 3.63) is 34.7 Å². The molecule has 2 aromatic heterocycles. The number of ether oxygens (including phenoxy) is 1. The number of aliphatic imine (C=N–C) groups is 1. The lowest BCUT2D eigenvalue weighted by atomic mass is 10.1. The maximum absolute atomic E-state index is 5.28. The Bertz CT molecular complexity index is 714. The summed E-state index contributed by atoms with van der Waals surface area (Å²) in [6.45, 7) is 6.38. The van der Waals surface area contributed by atoms with Gasteiger partial charge in [-0.15, -0.1) is 0 Å². The van der Waals surface area contributed by atoms with Gasteiger partial charge in [0.1, 0.15) is 5.65 Å². The lowest BCUT2D eigenvalue weighted by molar-refractivity contribution is 0.157. The van der Waals surface area contributed by atoms with Gasteiger partial charge in [0, 0.05) is 49.5 Å². The van der Waals surface area contributed by atoms with E-state index in [4.69, 9.17) is 9.73 Å². The zero-order valence-corrected chi connectivity index (χ0v) is 15.8. The van der Waals surface area contributed by atoms with Crippen molar-refractivity contribution in [1.29, 1.82) is 0 Å². The second-order valence-electron chi connectivity index (χ2n) is 6.07. The molecule has 1 aliphatic rings. The van der Waals surface area contributed by atoms with Crippen molar-refractivity contribution in [3.8, 4) is 0 Å². The smallest absolute Gasteiger partial charge is 0.194 e. The summed E-state index contributed by atoms with van der Waals surface area (Å²) in [4.78, 5) is 11.7. The number of methoxy groups -OCH3 is 1. The molecule has 3 rings (SSSR count). The largest absolute Gasteiger partial charge is 0.384 e. The van der Waals surface area contributed by atoms with Crippen molar-refractivity contribution in [2.45, 2.75) is 19.9 Å². The van der Waals surface area contributed by atoms with Crippen molar-refractivity contribution >= 4 is 27.5 Å². The molecule has 1 aliphatic heterocycles. The number of nitrogens with one attached hydrogen (secondary N) is 1. The molecular weight excluding hydrogens is 370 g/mol. The van der Waals surface area contributed by atoms with E-state index in [-0.39, 0.29) is 0 Å². The molecule has 1 saturated heterocycles. The Morgan fingerprint density at radius 2 is 2.33 bits per heavy atom. The molecule has 0 radical (unpaired) electrons. The van der Waals surface area contributed by atoms with E-state index < -0.39 is 0 Å². The van der Waals surface area contributed by atoms with E-state index in [1.54, 1.807) is 7.11 Å². The topological polar surface area (TPSA) is 54.2 Å². The Hall–Kier alpha value is -1.60. The number of likely N-dealkylation sites (tertiary alicyclic amines) is 1. The van der Waals surface area contributed by atoms with Crippen molar-refractivity contribution in [1.82, 2.24) is 19.6 Å². The summed E-state index contributed by atoms with van der Waals surface area (Å²) < 4.78 is 8.34.